The highest BCUT2D eigenvalue weighted by Gasteiger charge is 2.21. The molecule has 6 heteroatoms. The molecule has 0 aromatic carbocycles. The number of aromatic hydroxyl groups is 2. The van der Waals surface area contributed by atoms with Crippen molar-refractivity contribution in [2.75, 3.05) is 0 Å². The third kappa shape index (κ3) is 1.88. The number of H-pyrrole nitrogens is 2. The maximum absolute atomic E-state index is 11.7. The summed E-state index contributed by atoms with van der Waals surface area (Å²) in [6.07, 6.45) is 2.62. The van der Waals surface area contributed by atoms with Crippen molar-refractivity contribution in [3.05, 3.63) is 56.4 Å². The lowest BCUT2D eigenvalue weighted by molar-refractivity contribution is 0.453. The first-order chi connectivity index (χ1) is 8.52. The Balaban J connectivity index is 2.66. The molecule has 0 unspecified atom stereocenters. The molecule has 0 radical (unpaired) electrons. The van der Waals surface area contributed by atoms with Crippen molar-refractivity contribution in [2.45, 2.75) is 12.8 Å². The van der Waals surface area contributed by atoms with Crippen LogP contribution in [0.4, 0.5) is 0 Å². The minimum atomic E-state index is -0.722. The minimum absolute atomic E-state index is 0.0458. The van der Waals surface area contributed by atoms with Gasteiger partial charge in [0.2, 0.25) is 0 Å². The predicted molar refractivity (Wildman–Crippen MR) is 65.0 cm³/mol. The highest BCUT2D eigenvalue weighted by Crippen LogP contribution is 2.29. The summed E-state index contributed by atoms with van der Waals surface area (Å²) < 4.78 is 0. The molecular formula is C12H12N2O4. The van der Waals surface area contributed by atoms with E-state index in [2.05, 4.69) is 9.97 Å². The van der Waals surface area contributed by atoms with Crippen LogP contribution in [-0.2, 0) is 0 Å². The molecule has 0 atom stereocenters. The monoisotopic (exact) mass is 248 g/mol. The van der Waals surface area contributed by atoms with Crippen molar-refractivity contribution in [2.24, 2.45) is 0 Å². The number of hydrogen-bond acceptors (Lipinski definition) is 4. The summed E-state index contributed by atoms with van der Waals surface area (Å²) >= 11 is 0. The third-order valence-electron chi connectivity index (χ3n) is 2.82. The summed E-state index contributed by atoms with van der Waals surface area (Å²) in [4.78, 5) is 28.2. The molecule has 18 heavy (non-hydrogen) atoms. The zero-order valence-electron chi connectivity index (χ0n) is 9.60. The molecule has 0 aliphatic heterocycles. The van der Waals surface area contributed by atoms with Gasteiger partial charge in [-0.05, 0) is 12.1 Å². The van der Waals surface area contributed by atoms with E-state index in [9.17, 15) is 19.8 Å². The summed E-state index contributed by atoms with van der Waals surface area (Å²) in [7, 11) is 0. The molecule has 2 heterocycles. The lowest BCUT2D eigenvalue weighted by Crippen LogP contribution is -2.21. The van der Waals surface area contributed by atoms with E-state index in [0.717, 1.165) is 0 Å². The highest BCUT2D eigenvalue weighted by atomic mass is 16.3. The van der Waals surface area contributed by atoms with Gasteiger partial charge in [0, 0.05) is 18.3 Å². The predicted octanol–water partition coefficient (Wildman–Crippen LogP) is 0.626. The van der Waals surface area contributed by atoms with Gasteiger partial charge < -0.3 is 20.2 Å². The Morgan fingerprint density at radius 3 is 1.67 bits per heavy atom. The second-order valence-electron chi connectivity index (χ2n) is 3.93. The van der Waals surface area contributed by atoms with Gasteiger partial charge in [0.1, 0.15) is 11.5 Å². The lowest BCUT2D eigenvalue weighted by Gasteiger charge is -2.12. The number of aromatic nitrogens is 2. The van der Waals surface area contributed by atoms with Crippen molar-refractivity contribution in [3.8, 4) is 11.5 Å². The van der Waals surface area contributed by atoms with Gasteiger partial charge in [-0.3, -0.25) is 9.59 Å². The standard InChI is InChI=1S/C12H12N2O4/c1-6(9-7(15)2-4-13-11(9)17)10-8(16)3-5-14-12(10)18/h2-6H,1H3,(H2,13,15,17)(H2,14,16,18). The normalized spacial score (nSPS) is 10.8. The summed E-state index contributed by atoms with van der Waals surface area (Å²) in [5.41, 5.74) is -0.899. The zero-order valence-corrected chi connectivity index (χ0v) is 9.60. The second kappa shape index (κ2) is 4.40. The molecule has 4 N–H and O–H groups in total. The number of pyridine rings is 2. The van der Waals surface area contributed by atoms with Crippen molar-refractivity contribution in [1.82, 2.24) is 9.97 Å². The first kappa shape index (κ1) is 12.0. The van der Waals surface area contributed by atoms with Crippen LogP contribution in [0.2, 0.25) is 0 Å². The first-order valence-corrected chi connectivity index (χ1v) is 5.33. The maximum atomic E-state index is 11.7. The molecule has 0 amide bonds. The van der Waals surface area contributed by atoms with Gasteiger partial charge in [-0.25, -0.2) is 0 Å². The zero-order chi connectivity index (χ0) is 13.3. The molecule has 0 saturated carbocycles. The van der Waals surface area contributed by atoms with E-state index in [0.29, 0.717) is 0 Å². The van der Waals surface area contributed by atoms with Gasteiger partial charge in [0.05, 0.1) is 11.1 Å². The van der Waals surface area contributed by atoms with Crippen LogP contribution in [0.3, 0.4) is 0 Å². The summed E-state index contributed by atoms with van der Waals surface area (Å²) in [5, 5.41) is 19.4. The van der Waals surface area contributed by atoms with Crippen LogP contribution in [0, 0.1) is 0 Å². The number of nitrogens with one attached hydrogen (secondary N) is 2. The van der Waals surface area contributed by atoms with Crippen molar-refractivity contribution < 1.29 is 10.2 Å². The average molecular weight is 248 g/mol. The Morgan fingerprint density at radius 2 is 1.33 bits per heavy atom. The summed E-state index contributed by atoms with van der Waals surface area (Å²) in [6, 6.07) is 2.64. The fourth-order valence-electron chi connectivity index (χ4n) is 1.94. The van der Waals surface area contributed by atoms with E-state index < -0.39 is 17.0 Å². The first-order valence-electron chi connectivity index (χ1n) is 5.33. The molecule has 2 aromatic rings. The van der Waals surface area contributed by atoms with Crippen LogP contribution >= 0.6 is 0 Å². The Labute approximate surface area is 102 Å². The molecule has 0 aliphatic rings. The molecule has 0 bridgehead atoms. The van der Waals surface area contributed by atoms with E-state index in [1.165, 1.54) is 24.5 Å². The molecular weight excluding hydrogens is 236 g/mol. The lowest BCUT2D eigenvalue weighted by atomic mass is 9.94. The van der Waals surface area contributed by atoms with E-state index in [-0.39, 0.29) is 22.6 Å². The van der Waals surface area contributed by atoms with Gasteiger partial charge >= 0.3 is 0 Å². The summed E-state index contributed by atoms with van der Waals surface area (Å²) in [5.74, 6) is -1.15. The van der Waals surface area contributed by atoms with E-state index >= 15 is 0 Å². The van der Waals surface area contributed by atoms with Crippen LogP contribution < -0.4 is 11.1 Å². The Hall–Kier alpha value is -2.50. The molecule has 2 rings (SSSR count). The fourth-order valence-corrected chi connectivity index (χ4v) is 1.94. The van der Waals surface area contributed by atoms with Gasteiger partial charge in [0.25, 0.3) is 11.1 Å². The summed E-state index contributed by atoms with van der Waals surface area (Å²) in [6.45, 7) is 1.56. The highest BCUT2D eigenvalue weighted by molar-refractivity contribution is 5.42. The van der Waals surface area contributed by atoms with Crippen LogP contribution in [0.5, 0.6) is 11.5 Å². The quantitative estimate of drug-likeness (QED) is 0.625. The molecule has 0 aliphatic carbocycles. The maximum Gasteiger partial charge on any atom is 0.255 e. The number of hydrogen-bond donors (Lipinski definition) is 4. The fraction of sp³-hybridized carbons (Fsp3) is 0.167. The Kier molecular flexibility index (Phi) is 2.93. The Bertz CT molecular complexity index is 627. The van der Waals surface area contributed by atoms with Gasteiger partial charge in [-0.15, -0.1) is 0 Å². The molecule has 0 spiro atoms. The third-order valence-corrected chi connectivity index (χ3v) is 2.82. The Morgan fingerprint density at radius 1 is 0.944 bits per heavy atom. The van der Waals surface area contributed by atoms with Crippen molar-refractivity contribution in [3.63, 3.8) is 0 Å². The smallest absolute Gasteiger partial charge is 0.255 e. The number of aromatic amines is 2. The van der Waals surface area contributed by atoms with Gasteiger partial charge in [-0.1, -0.05) is 6.92 Å². The van der Waals surface area contributed by atoms with E-state index in [1.807, 2.05) is 0 Å². The van der Waals surface area contributed by atoms with Crippen LogP contribution in [0.25, 0.3) is 0 Å². The van der Waals surface area contributed by atoms with E-state index in [4.69, 9.17) is 0 Å². The molecule has 2 aromatic heterocycles. The number of rotatable bonds is 2. The van der Waals surface area contributed by atoms with Crippen LogP contribution in [0.1, 0.15) is 24.0 Å². The SMILES string of the molecule is CC(c1c(O)cc[nH]c1=O)c1c(O)cc[nH]c1=O. The van der Waals surface area contributed by atoms with Gasteiger partial charge in [0.15, 0.2) is 0 Å². The minimum Gasteiger partial charge on any atom is -0.507 e. The second-order valence-corrected chi connectivity index (χ2v) is 3.93. The molecule has 94 valence electrons. The molecule has 6 nitrogen and oxygen atoms in total. The van der Waals surface area contributed by atoms with Crippen molar-refractivity contribution >= 4 is 0 Å². The van der Waals surface area contributed by atoms with Gasteiger partial charge in [-0.2, -0.15) is 0 Å². The van der Waals surface area contributed by atoms with Crippen LogP contribution in [0.15, 0.2) is 34.1 Å². The van der Waals surface area contributed by atoms with E-state index in [1.54, 1.807) is 6.92 Å². The molecule has 0 fully saturated rings. The van der Waals surface area contributed by atoms with Crippen LogP contribution in [-0.4, -0.2) is 20.2 Å². The average Bonchev–Trinajstić information content (AvgIpc) is 2.28. The van der Waals surface area contributed by atoms with Crippen molar-refractivity contribution in [1.29, 1.82) is 0 Å². The topological polar surface area (TPSA) is 106 Å². The molecule has 0 saturated heterocycles. The largest absolute Gasteiger partial charge is 0.507 e.